The first-order valence-electron chi connectivity index (χ1n) is 16.6. The smallest absolute Gasteiger partial charge is 0.408 e. The molecule has 1 amide bonds. The van der Waals surface area contributed by atoms with Gasteiger partial charge in [-0.15, -0.1) is 0 Å². The van der Waals surface area contributed by atoms with Gasteiger partial charge in [-0.2, -0.15) is 0 Å². The van der Waals surface area contributed by atoms with E-state index in [-0.39, 0.29) is 38.2 Å². The number of para-hydroxylation sites is 1. The number of carbonyl (C=O) groups excluding carboxylic acids is 2. The molecule has 0 aliphatic heterocycles. The molecule has 50 heavy (non-hydrogen) atoms. The van der Waals surface area contributed by atoms with Gasteiger partial charge in [-0.3, -0.25) is 9.36 Å². The predicted octanol–water partition coefficient (Wildman–Crippen LogP) is 6.37. The maximum absolute atomic E-state index is 12.0. The molecular weight excluding hydrogens is 706 g/mol. The lowest BCUT2D eigenvalue weighted by Crippen LogP contribution is -2.41. The molecule has 0 saturated carbocycles. The molecule has 2 rings (SSSR count). The molecule has 1 unspecified atom stereocenters. The second-order valence-corrected chi connectivity index (χ2v) is 21.6. The fourth-order valence-electron chi connectivity index (χ4n) is 3.88. The molecule has 2 aromatic rings. The van der Waals surface area contributed by atoms with Crippen LogP contribution >= 0.6 is 15.2 Å². The lowest BCUT2D eigenvalue weighted by Gasteiger charge is -2.17. The Morgan fingerprint density at radius 3 is 1.90 bits per heavy atom. The number of hydrogen-bond donors (Lipinski definition) is 6. The van der Waals surface area contributed by atoms with Crippen molar-refractivity contribution in [1.82, 2.24) is 5.32 Å². The quantitative estimate of drug-likeness (QED) is 0.0373. The van der Waals surface area contributed by atoms with Gasteiger partial charge in [-0.05, 0) is 49.4 Å². The first-order valence-corrected chi connectivity index (χ1v) is 23.9. The van der Waals surface area contributed by atoms with Gasteiger partial charge in [0.15, 0.2) is 0 Å². The molecule has 3 atom stereocenters. The maximum Gasteiger partial charge on any atom is 0.408 e. The number of carboxylic acid groups (broad SMARTS) is 1. The van der Waals surface area contributed by atoms with Gasteiger partial charge >= 0.3 is 33.2 Å². The van der Waals surface area contributed by atoms with Crippen molar-refractivity contribution in [2.24, 2.45) is 5.73 Å². The minimum atomic E-state index is -4.08. The van der Waals surface area contributed by atoms with Crippen LogP contribution in [0.15, 0.2) is 60.7 Å². The van der Waals surface area contributed by atoms with Crippen LogP contribution in [0.2, 0.25) is 25.7 Å². The fraction of sp³-hybridized carbons (Fsp3) is 0.545. The van der Waals surface area contributed by atoms with Crippen LogP contribution in [0.4, 0.5) is 4.79 Å². The Balaban J connectivity index is 0.000000918. The number of carboxylic acids is 1. The van der Waals surface area contributed by atoms with Crippen molar-refractivity contribution in [2.75, 3.05) is 18.9 Å². The molecule has 0 aromatic heterocycles. The minimum absolute atomic E-state index is 0.0250. The number of alkyl carbamates (subject to hydrolysis) is 1. The maximum atomic E-state index is 12.0. The van der Waals surface area contributed by atoms with Gasteiger partial charge in [-0.1, -0.05) is 94.9 Å². The molecule has 17 heteroatoms. The molecule has 0 heterocycles. The van der Waals surface area contributed by atoms with Crippen LogP contribution in [0, 0.1) is 0 Å². The van der Waals surface area contributed by atoms with Crippen LogP contribution in [0.3, 0.4) is 0 Å². The number of carbonyl (C=O) groups is 3. The summed E-state index contributed by atoms with van der Waals surface area (Å²) < 4.78 is 38.0. The van der Waals surface area contributed by atoms with Crippen molar-refractivity contribution in [3.05, 3.63) is 66.2 Å². The number of esters is 1. The summed E-state index contributed by atoms with van der Waals surface area (Å²) in [4.78, 5) is 61.8. The number of nitrogens with two attached hydrogens (primary N) is 1. The highest BCUT2D eigenvalue weighted by Crippen LogP contribution is 2.43. The highest BCUT2D eigenvalue weighted by atomic mass is 31.2. The van der Waals surface area contributed by atoms with Gasteiger partial charge in [0, 0.05) is 14.2 Å². The minimum Gasteiger partial charge on any atom is -0.480 e. The Kier molecular flexibility index (Phi) is 23.5. The third kappa shape index (κ3) is 25.9. The summed E-state index contributed by atoms with van der Waals surface area (Å²) in [5, 5.41) is 11.3. The van der Waals surface area contributed by atoms with E-state index in [1.807, 2.05) is 19.9 Å². The van der Waals surface area contributed by atoms with E-state index >= 15 is 0 Å². The van der Waals surface area contributed by atoms with Crippen molar-refractivity contribution in [1.29, 1.82) is 0 Å². The highest BCUT2D eigenvalue weighted by molar-refractivity contribution is 7.53. The van der Waals surface area contributed by atoms with E-state index < -0.39 is 53.4 Å². The molecule has 2 aromatic carbocycles. The van der Waals surface area contributed by atoms with Crippen LogP contribution < -0.4 is 15.6 Å². The zero-order valence-electron chi connectivity index (χ0n) is 29.7. The first kappa shape index (κ1) is 47.0. The van der Waals surface area contributed by atoms with E-state index in [0.29, 0.717) is 31.6 Å². The normalized spacial score (nSPS) is 13.5. The molecule has 0 fully saturated rings. The largest absolute Gasteiger partial charge is 0.480 e. The summed E-state index contributed by atoms with van der Waals surface area (Å²) in [7, 11) is -9.00. The Hall–Kier alpha value is -3.03. The van der Waals surface area contributed by atoms with Gasteiger partial charge in [0.05, 0.1) is 12.8 Å². The second-order valence-electron chi connectivity index (χ2n) is 12.3. The molecule has 14 nitrogen and oxygen atoms in total. The number of hydrogen-bond acceptors (Lipinski definition) is 9. The van der Waals surface area contributed by atoms with Gasteiger partial charge in [0.25, 0.3) is 0 Å². The SMILES string of the molecule is CC.C[Si](C)(C)CCOC(=O)[C@@H](N)CCCCP(=O)(O)Oc1ccccc1.O=C(N[C@@H](CCCCP(=O)(O)O)C(=O)O)OCc1ccccc1. The fourth-order valence-corrected chi connectivity index (χ4v) is 6.40. The van der Waals surface area contributed by atoms with Crippen LogP contribution in [-0.4, -0.2) is 76.9 Å². The van der Waals surface area contributed by atoms with Crippen LogP contribution in [0.5, 0.6) is 5.75 Å². The average Bonchev–Trinajstić information content (AvgIpc) is 3.04. The predicted molar refractivity (Wildman–Crippen MR) is 196 cm³/mol. The summed E-state index contributed by atoms with van der Waals surface area (Å²) in [5.74, 6) is -1.25. The Labute approximate surface area is 296 Å². The molecule has 0 saturated heterocycles. The number of nitrogens with one attached hydrogen (secondary N) is 1. The topological polar surface area (TPSA) is 232 Å². The number of rotatable bonds is 20. The summed E-state index contributed by atoms with van der Waals surface area (Å²) in [5.41, 5.74) is 6.59. The average molecular weight is 763 g/mol. The second kappa shape index (κ2) is 25.0. The van der Waals surface area contributed by atoms with Gasteiger partial charge in [0.2, 0.25) is 0 Å². The van der Waals surface area contributed by atoms with E-state index in [1.54, 1.807) is 54.6 Å². The Bertz CT molecular complexity index is 1340. The van der Waals surface area contributed by atoms with Crippen molar-refractivity contribution in [3.8, 4) is 5.75 Å². The summed E-state index contributed by atoms with van der Waals surface area (Å²) in [6.45, 7) is 11.1. The van der Waals surface area contributed by atoms with E-state index in [2.05, 4.69) is 25.0 Å². The van der Waals surface area contributed by atoms with Gasteiger partial charge in [0.1, 0.15) is 24.4 Å². The van der Waals surface area contributed by atoms with Crippen molar-refractivity contribution < 1.29 is 57.3 Å². The van der Waals surface area contributed by atoms with Crippen LogP contribution in [-0.2, 0) is 34.8 Å². The van der Waals surface area contributed by atoms with Crippen LogP contribution in [0.1, 0.15) is 57.9 Å². The molecule has 0 spiro atoms. The highest BCUT2D eigenvalue weighted by Gasteiger charge is 2.23. The monoisotopic (exact) mass is 762 g/mol. The molecule has 0 aliphatic rings. The Morgan fingerprint density at radius 1 is 0.820 bits per heavy atom. The lowest BCUT2D eigenvalue weighted by molar-refractivity contribution is -0.145. The molecule has 0 bridgehead atoms. The first-order chi connectivity index (χ1) is 23.4. The number of unbranched alkanes of at least 4 members (excludes halogenated alkanes) is 2. The standard InChI is InChI=1S/C17H30NO5PSi.C14H20NO7P.C2H6/c1-25(2,3)14-12-22-17(19)16(18)11-7-8-13-24(20,21)23-15-9-5-4-6-10-15;16-13(17)12(8-4-5-9-23(19,20)21)15-14(18)22-10-11-6-2-1-3-7-11;1-2/h4-6,9-10,16H,7-8,11-14,18H2,1-3H3,(H,20,21);1-3,6-7,12H,4-5,8-10H2,(H,15,18)(H,16,17)(H2,19,20,21);1-2H3/t16-;12-;/m00./s1. The van der Waals surface area contributed by atoms with Gasteiger partial charge in [-0.25, -0.2) is 14.2 Å². The number of benzene rings is 2. The van der Waals surface area contributed by atoms with E-state index in [0.717, 1.165) is 11.6 Å². The van der Waals surface area contributed by atoms with E-state index in [9.17, 15) is 28.4 Å². The number of ether oxygens (including phenoxy) is 2. The zero-order chi connectivity index (χ0) is 38.2. The summed E-state index contributed by atoms with van der Waals surface area (Å²) >= 11 is 0. The molecule has 7 N–H and O–H groups in total. The Morgan fingerprint density at radius 2 is 1.36 bits per heavy atom. The molecule has 284 valence electrons. The zero-order valence-corrected chi connectivity index (χ0v) is 32.5. The molecular formula is C33H56N2O12P2Si. The summed E-state index contributed by atoms with van der Waals surface area (Å²) in [6, 6.07) is 16.6. The van der Waals surface area contributed by atoms with E-state index in [4.69, 9.17) is 34.6 Å². The number of aliphatic carboxylic acids is 1. The molecule has 0 radical (unpaired) electrons. The third-order valence-electron chi connectivity index (χ3n) is 6.59. The third-order valence-corrected chi connectivity index (χ3v) is 10.6. The summed E-state index contributed by atoms with van der Waals surface area (Å²) in [6.07, 6.45) is 0.819. The number of amides is 1. The van der Waals surface area contributed by atoms with E-state index in [1.165, 1.54) is 0 Å². The lowest BCUT2D eigenvalue weighted by atomic mass is 10.1. The van der Waals surface area contributed by atoms with Crippen molar-refractivity contribution in [3.63, 3.8) is 0 Å². The van der Waals surface area contributed by atoms with Crippen molar-refractivity contribution in [2.45, 2.75) is 96.7 Å². The van der Waals surface area contributed by atoms with Gasteiger partial charge < -0.3 is 44.8 Å². The molecule has 0 aliphatic carbocycles. The van der Waals surface area contributed by atoms with Crippen LogP contribution in [0.25, 0.3) is 0 Å². The van der Waals surface area contributed by atoms with Crippen molar-refractivity contribution >= 4 is 41.3 Å².